The Hall–Kier alpha value is -1.63. The molecule has 1 N–H and O–H groups in total. The van der Waals surface area contributed by atoms with E-state index in [2.05, 4.69) is 5.10 Å². The number of β-amino-alcohol motifs (C(OH)–C–C–N with tert-alkyl or cyclic N) is 1. The third kappa shape index (κ3) is 1.86. The lowest BCUT2D eigenvalue weighted by Gasteiger charge is -2.44. The molecule has 1 aliphatic rings. The zero-order chi connectivity index (χ0) is 12.8. The van der Waals surface area contributed by atoms with Crippen molar-refractivity contribution in [3.8, 4) is 0 Å². The normalized spacial score (nSPS) is 18.0. The second-order valence-corrected chi connectivity index (χ2v) is 4.71. The molecule has 0 bridgehead atoms. The van der Waals surface area contributed by atoms with Crippen molar-refractivity contribution < 1.29 is 10.0 Å². The van der Waals surface area contributed by atoms with E-state index < -0.39 is 10.5 Å². The second kappa shape index (κ2) is 3.69. The number of aliphatic hydroxyl groups is 1. The van der Waals surface area contributed by atoms with Gasteiger partial charge in [0.15, 0.2) is 0 Å². The Balaban J connectivity index is 2.40. The van der Waals surface area contributed by atoms with Crippen LogP contribution in [0.1, 0.15) is 19.5 Å². The van der Waals surface area contributed by atoms with Gasteiger partial charge < -0.3 is 10.0 Å². The molecule has 1 aromatic heterocycles. The predicted molar refractivity (Wildman–Crippen MR) is 62.1 cm³/mol. The van der Waals surface area contributed by atoms with Crippen LogP contribution in [0, 0.1) is 10.1 Å². The van der Waals surface area contributed by atoms with Gasteiger partial charge in [0.25, 0.3) is 0 Å². The summed E-state index contributed by atoms with van der Waals surface area (Å²) in [4.78, 5) is 12.5. The van der Waals surface area contributed by atoms with Gasteiger partial charge in [-0.2, -0.15) is 5.10 Å². The fourth-order valence-electron chi connectivity index (χ4n) is 2.26. The minimum atomic E-state index is -0.759. The van der Waals surface area contributed by atoms with E-state index in [1.165, 1.54) is 4.68 Å². The number of aryl methyl sites for hydroxylation is 2. The zero-order valence-electron chi connectivity index (χ0n) is 10.2. The summed E-state index contributed by atoms with van der Waals surface area (Å²) in [6.07, 6.45) is 0.522. The van der Waals surface area contributed by atoms with Crippen LogP contribution in [0.3, 0.4) is 0 Å². The molecule has 1 aliphatic heterocycles. The lowest BCUT2D eigenvalue weighted by atomic mass is 9.97. The van der Waals surface area contributed by atoms with E-state index in [1.807, 2.05) is 6.92 Å². The monoisotopic (exact) mass is 240 g/mol. The molecule has 0 saturated carbocycles. The molecule has 17 heavy (non-hydrogen) atoms. The summed E-state index contributed by atoms with van der Waals surface area (Å²) in [7, 11) is 1.69. The van der Waals surface area contributed by atoms with Gasteiger partial charge >= 0.3 is 5.69 Å². The van der Waals surface area contributed by atoms with E-state index in [0.29, 0.717) is 31.0 Å². The Morgan fingerprint density at radius 1 is 1.59 bits per heavy atom. The highest BCUT2D eigenvalue weighted by Gasteiger charge is 2.42. The van der Waals surface area contributed by atoms with Gasteiger partial charge in [-0.15, -0.1) is 0 Å². The molecule has 0 aliphatic carbocycles. The van der Waals surface area contributed by atoms with E-state index in [4.69, 9.17) is 0 Å². The van der Waals surface area contributed by atoms with Gasteiger partial charge in [-0.3, -0.25) is 10.1 Å². The molecule has 1 fully saturated rings. The molecule has 7 heteroatoms. The molecule has 1 saturated heterocycles. The van der Waals surface area contributed by atoms with Crippen LogP contribution in [0.4, 0.5) is 11.5 Å². The third-order valence-electron chi connectivity index (χ3n) is 2.94. The molecule has 0 spiro atoms. The van der Waals surface area contributed by atoms with Crippen molar-refractivity contribution >= 4 is 11.5 Å². The lowest BCUT2D eigenvalue weighted by molar-refractivity contribution is -0.384. The maximum atomic E-state index is 11.1. The van der Waals surface area contributed by atoms with Crippen molar-refractivity contribution in [3.63, 3.8) is 0 Å². The van der Waals surface area contributed by atoms with E-state index in [0.717, 1.165) is 0 Å². The van der Waals surface area contributed by atoms with Gasteiger partial charge in [-0.25, -0.2) is 4.68 Å². The predicted octanol–water partition coefficient (Wildman–Crippen LogP) is 0.462. The van der Waals surface area contributed by atoms with Crippen LogP contribution >= 0.6 is 0 Å². The van der Waals surface area contributed by atoms with E-state index in [-0.39, 0.29) is 5.69 Å². The Morgan fingerprint density at radius 3 is 2.59 bits per heavy atom. The van der Waals surface area contributed by atoms with Crippen molar-refractivity contribution in [3.05, 3.63) is 15.8 Å². The maximum absolute atomic E-state index is 11.1. The Kier molecular flexibility index (Phi) is 2.57. The van der Waals surface area contributed by atoms with Crippen LogP contribution in [0.25, 0.3) is 0 Å². The summed E-state index contributed by atoms with van der Waals surface area (Å²) >= 11 is 0. The molecule has 94 valence electrons. The average molecular weight is 240 g/mol. The summed E-state index contributed by atoms with van der Waals surface area (Å²) in [6.45, 7) is 4.35. The SMILES string of the molecule is CCc1nn(C)c(N2CC(C)(O)C2)c1[N+](=O)[O-]. The fourth-order valence-corrected chi connectivity index (χ4v) is 2.26. The summed E-state index contributed by atoms with van der Waals surface area (Å²) in [5, 5.41) is 24.9. The van der Waals surface area contributed by atoms with E-state index in [1.54, 1.807) is 18.9 Å². The number of rotatable bonds is 3. The molecule has 0 radical (unpaired) electrons. The average Bonchev–Trinajstić information content (AvgIpc) is 2.51. The highest BCUT2D eigenvalue weighted by Crippen LogP contribution is 2.36. The van der Waals surface area contributed by atoms with Gasteiger partial charge in [0.2, 0.25) is 5.82 Å². The van der Waals surface area contributed by atoms with Gasteiger partial charge in [-0.05, 0) is 13.3 Å². The highest BCUT2D eigenvalue weighted by atomic mass is 16.6. The van der Waals surface area contributed by atoms with Crippen molar-refractivity contribution in [1.82, 2.24) is 9.78 Å². The van der Waals surface area contributed by atoms with E-state index >= 15 is 0 Å². The largest absolute Gasteiger partial charge is 0.386 e. The molecule has 7 nitrogen and oxygen atoms in total. The number of hydrogen-bond donors (Lipinski definition) is 1. The highest BCUT2D eigenvalue weighted by molar-refractivity contribution is 5.63. The zero-order valence-corrected chi connectivity index (χ0v) is 10.2. The standard InChI is InChI=1S/C10H16N4O3/c1-4-7-8(14(16)17)9(12(3)11-7)13-5-10(2,15)6-13/h15H,4-6H2,1-3H3. The fraction of sp³-hybridized carbons (Fsp3) is 0.700. The van der Waals surface area contributed by atoms with Crippen molar-refractivity contribution in [1.29, 1.82) is 0 Å². The van der Waals surface area contributed by atoms with Crippen molar-refractivity contribution in [2.75, 3.05) is 18.0 Å². The molecule has 0 aromatic carbocycles. The van der Waals surface area contributed by atoms with Gasteiger partial charge in [0.05, 0.1) is 10.5 Å². The molecule has 2 heterocycles. The van der Waals surface area contributed by atoms with E-state index in [9.17, 15) is 15.2 Å². The Morgan fingerprint density at radius 2 is 2.18 bits per heavy atom. The first kappa shape index (κ1) is 11.8. The van der Waals surface area contributed by atoms with Crippen LogP contribution in [0.15, 0.2) is 0 Å². The summed E-state index contributed by atoms with van der Waals surface area (Å²) in [5.41, 5.74) is -0.214. The van der Waals surface area contributed by atoms with Crippen LogP contribution in [-0.2, 0) is 13.5 Å². The van der Waals surface area contributed by atoms with Crippen molar-refractivity contribution in [2.24, 2.45) is 7.05 Å². The number of nitro groups is 1. The van der Waals surface area contributed by atoms with Gasteiger partial charge in [-0.1, -0.05) is 6.92 Å². The number of aromatic nitrogens is 2. The lowest BCUT2D eigenvalue weighted by Crippen LogP contribution is -2.60. The van der Waals surface area contributed by atoms with Crippen LogP contribution in [0.2, 0.25) is 0 Å². The molecule has 0 atom stereocenters. The minimum absolute atomic E-state index is 0.0606. The van der Waals surface area contributed by atoms with Gasteiger partial charge in [0.1, 0.15) is 5.69 Å². The quantitative estimate of drug-likeness (QED) is 0.613. The third-order valence-corrected chi connectivity index (χ3v) is 2.94. The first-order chi connectivity index (χ1) is 7.85. The number of nitrogens with zero attached hydrogens (tertiary/aromatic N) is 4. The topological polar surface area (TPSA) is 84.4 Å². The smallest absolute Gasteiger partial charge is 0.334 e. The number of hydrogen-bond acceptors (Lipinski definition) is 5. The number of anilines is 1. The Labute approximate surface area is 98.8 Å². The van der Waals surface area contributed by atoms with Crippen LogP contribution in [0.5, 0.6) is 0 Å². The molecular formula is C10H16N4O3. The minimum Gasteiger partial charge on any atom is -0.386 e. The maximum Gasteiger partial charge on any atom is 0.334 e. The van der Waals surface area contributed by atoms with Crippen LogP contribution in [-0.4, -0.2) is 38.5 Å². The Bertz CT molecular complexity index is 458. The first-order valence-electron chi connectivity index (χ1n) is 5.53. The first-order valence-corrected chi connectivity index (χ1v) is 5.53. The summed E-state index contributed by atoms with van der Waals surface area (Å²) < 4.78 is 1.52. The summed E-state index contributed by atoms with van der Waals surface area (Å²) in [5.74, 6) is 0.485. The second-order valence-electron chi connectivity index (χ2n) is 4.71. The summed E-state index contributed by atoms with van der Waals surface area (Å²) in [6, 6.07) is 0. The molecule has 0 amide bonds. The molecular weight excluding hydrogens is 224 g/mol. The molecule has 0 unspecified atom stereocenters. The molecule has 2 rings (SSSR count). The van der Waals surface area contributed by atoms with Crippen molar-refractivity contribution in [2.45, 2.75) is 25.9 Å². The van der Waals surface area contributed by atoms with Gasteiger partial charge in [0, 0.05) is 20.1 Å². The van der Waals surface area contributed by atoms with Crippen LogP contribution < -0.4 is 4.90 Å². The molecule has 1 aromatic rings.